The van der Waals surface area contributed by atoms with Gasteiger partial charge < -0.3 is 15.2 Å². The van der Waals surface area contributed by atoms with Crippen molar-refractivity contribution in [2.24, 2.45) is 5.92 Å². The third kappa shape index (κ3) is 2.79. The number of hydrogen-bond acceptors (Lipinski definition) is 3. The van der Waals surface area contributed by atoms with E-state index in [4.69, 9.17) is 9.84 Å². The van der Waals surface area contributed by atoms with Gasteiger partial charge in [-0.25, -0.2) is 0 Å². The molecule has 0 aromatic heterocycles. The maximum atomic E-state index is 10.4. The average molecular weight is 173 g/mol. The van der Waals surface area contributed by atoms with Gasteiger partial charge in [-0.15, -0.1) is 0 Å². The predicted molar refractivity (Wildman–Crippen MR) is 44.0 cm³/mol. The summed E-state index contributed by atoms with van der Waals surface area (Å²) in [7, 11) is 0. The van der Waals surface area contributed by atoms with Gasteiger partial charge in [-0.3, -0.25) is 4.79 Å². The minimum atomic E-state index is -0.797. The molecular weight excluding hydrogens is 158 g/mol. The molecule has 1 aliphatic rings. The fraction of sp³-hybridized carbons (Fsp3) is 0.875. The Bertz CT molecular complexity index is 154. The number of carboxylic acid groups (broad SMARTS) is 1. The molecule has 1 aliphatic heterocycles. The lowest BCUT2D eigenvalue weighted by atomic mass is 10.1. The van der Waals surface area contributed by atoms with Gasteiger partial charge in [-0.05, 0) is 19.3 Å². The smallest absolute Gasteiger partial charge is 0.320 e. The van der Waals surface area contributed by atoms with E-state index in [2.05, 4.69) is 5.32 Å². The first kappa shape index (κ1) is 9.48. The number of hydrogen-bond donors (Lipinski definition) is 2. The summed E-state index contributed by atoms with van der Waals surface area (Å²) < 4.78 is 5.16. The molecule has 70 valence electrons. The van der Waals surface area contributed by atoms with E-state index in [-0.39, 0.29) is 0 Å². The molecule has 0 radical (unpaired) electrons. The van der Waals surface area contributed by atoms with Crippen LogP contribution in [0.25, 0.3) is 0 Å². The summed E-state index contributed by atoms with van der Waals surface area (Å²) in [5.74, 6) is -0.305. The molecule has 0 saturated carbocycles. The van der Waals surface area contributed by atoms with Gasteiger partial charge in [0.05, 0.1) is 6.61 Å². The Balaban J connectivity index is 2.11. The van der Waals surface area contributed by atoms with Crippen LogP contribution in [0.4, 0.5) is 0 Å². The summed E-state index contributed by atoms with van der Waals surface area (Å²) in [6.45, 7) is 3.97. The zero-order valence-electron chi connectivity index (χ0n) is 7.25. The van der Waals surface area contributed by atoms with Crippen LogP contribution in [0.1, 0.15) is 13.3 Å². The Morgan fingerprint density at radius 2 is 2.58 bits per heavy atom. The summed E-state index contributed by atoms with van der Waals surface area (Å²) in [5.41, 5.74) is 0. The zero-order valence-corrected chi connectivity index (χ0v) is 7.25. The van der Waals surface area contributed by atoms with Crippen LogP contribution < -0.4 is 5.32 Å². The van der Waals surface area contributed by atoms with Crippen LogP contribution in [0.3, 0.4) is 0 Å². The van der Waals surface area contributed by atoms with Crippen molar-refractivity contribution in [1.29, 1.82) is 0 Å². The molecule has 4 heteroatoms. The topological polar surface area (TPSA) is 58.6 Å². The second-order valence-electron chi connectivity index (χ2n) is 3.20. The minimum Gasteiger partial charge on any atom is -0.480 e. The molecule has 0 aliphatic carbocycles. The van der Waals surface area contributed by atoms with Crippen molar-refractivity contribution in [3.63, 3.8) is 0 Å². The molecular formula is C8H15NO3. The van der Waals surface area contributed by atoms with Crippen LogP contribution in [0, 0.1) is 5.92 Å². The predicted octanol–water partition coefficient (Wildman–Crippen LogP) is 0.0856. The van der Waals surface area contributed by atoms with E-state index in [1.54, 1.807) is 6.92 Å². The third-order valence-corrected chi connectivity index (χ3v) is 2.11. The lowest BCUT2D eigenvalue weighted by molar-refractivity contribution is -0.139. The molecule has 1 unspecified atom stereocenters. The summed E-state index contributed by atoms with van der Waals surface area (Å²) in [4.78, 5) is 10.4. The molecule has 0 spiro atoms. The van der Waals surface area contributed by atoms with Crippen molar-refractivity contribution in [3.8, 4) is 0 Å². The number of aliphatic carboxylic acids is 1. The molecule has 1 rings (SSSR count). The maximum absolute atomic E-state index is 10.4. The van der Waals surface area contributed by atoms with E-state index in [0.717, 1.165) is 26.2 Å². The SMILES string of the molecule is C[C@H](NCC1CCOC1)C(=O)O. The summed E-state index contributed by atoms with van der Waals surface area (Å²) >= 11 is 0. The largest absolute Gasteiger partial charge is 0.480 e. The van der Waals surface area contributed by atoms with E-state index < -0.39 is 12.0 Å². The number of carbonyl (C=O) groups is 1. The Hall–Kier alpha value is -0.610. The van der Waals surface area contributed by atoms with Gasteiger partial charge in [0.1, 0.15) is 6.04 Å². The lowest BCUT2D eigenvalue weighted by Crippen LogP contribution is -2.37. The first-order chi connectivity index (χ1) is 5.70. The monoisotopic (exact) mass is 173 g/mol. The molecule has 1 heterocycles. The first-order valence-electron chi connectivity index (χ1n) is 4.24. The fourth-order valence-electron chi connectivity index (χ4n) is 1.18. The van der Waals surface area contributed by atoms with Crippen LogP contribution >= 0.6 is 0 Å². The van der Waals surface area contributed by atoms with Crippen LogP contribution in [0.15, 0.2) is 0 Å². The molecule has 1 fully saturated rings. The van der Waals surface area contributed by atoms with Gasteiger partial charge in [-0.1, -0.05) is 0 Å². The van der Waals surface area contributed by atoms with Gasteiger partial charge >= 0.3 is 5.97 Å². The quantitative estimate of drug-likeness (QED) is 0.632. The first-order valence-corrected chi connectivity index (χ1v) is 4.24. The van der Waals surface area contributed by atoms with E-state index in [9.17, 15) is 4.79 Å². The lowest BCUT2D eigenvalue weighted by Gasteiger charge is -2.12. The number of nitrogens with one attached hydrogen (secondary N) is 1. The highest BCUT2D eigenvalue weighted by Gasteiger charge is 2.17. The Labute approximate surface area is 71.9 Å². The molecule has 2 N–H and O–H groups in total. The van der Waals surface area contributed by atoms with Crippen molar-refractivity contribution in [3.05, 3.63) is 0 Å². The highest BCUT2D eigenvalue weighted by Crippen LogP contribution is 2.10. The van der Waals surface area contributed by atoms with E-state index in [0.29, 0.717) is 5.92 Å². The van der Waals surface area contributed by atoms with E-state index in [1.165, 1.54) is 0 Å². The van der Waals surface area contributed by atoms with Gasteiger partial charge in [0.15, 0.2) is 0 Å². The normalized spacial score (nSPS) is 25.6. The van der Waals surface area contributed by atoms with Gasteiger partial charge in [-0.2, -0.15) is 0 Å². The second kappa shape index (κ2) is 4.42. The Morgan fingerprint density at radius 1 is 1.83 bits per heavy atom. The van der Waals surface area contributed by atoms with E-state index >= 15 is 0 Å². The van der Waals surface area contributed by atoms with Crippen molar-refractivity contribution in [1.82, 2.24) is 5.32 Å². The molecule has 2 atom stereocenters. The summed E-state index contributed by atoms with van der Waals surface area (Å²) in [5, 5.41) is 11.5. The van der Waals surface area contributed by atoms with Crippen LogP contribution in [-0.2, 0) is 9.53 Å². The van der Waals surface area contributed by atoms with Gasteiger partial charge in [0.2, 0.25) is 0 Å². The van der Waals surface area contributed by atoms with Crippen molar-refractivity contribution >= 4 is 5.97 Å². The molecule has 4 nitrogen and oxygen atoms in total. The minimum absolute atomic E-state index is 0.453. The van der Waals surface area contributed by atoms with Gasteiger partial charge in [0, 0.05) is 13.2 Å². The molecule has 12 heavy (non-hydrogen) atoms. The molecule has 0 amide bonds. The van der Waals surface area contributed by atoms with Crippen LogP contribution in [0.2, 0.25) is 0 Å². The molecule has 1 saturated heterocycles. The highest BCUT2D eigenvalue weighted by atomic mass is 16.5. The number of carboxylic acids is 1. The second-order valence-corrected chi connectivity index (χ2v) is 3.20. The molecule has 0 aromatic rings. The molecule has 0 aromatic carbocycles. The van der Waals surface area contributed by atoms with Gasteiger partial charge in [0.25, 0.3) is 0 Å². The summed E-state index contributed by atoms with van der Waals surface area (Å²) in [6, 6.07) is -0.453. The standard InChI is InChI=1S/C8H15NO3/c1-6(8(10)11)9-4-7-2-3-12-5-7/h6-7,9H,2-5H2,1H3,(H,10,11)/t6-,7?/m0/s1. The van der Waals surface area contributed by atoms with E-state index in [1.807, 2.05) is 0 Å². The van der Waals surface area contributed by atoms with Crippen LogP contribution in [-0.4, -0.2) is 36.9 Å². The maximum Gasteiger partial charge on any atom is 0.320 e. The Morgan fingerprint density at radius 3 is 3.08 bits per heavy atom. The number of rotatable bonds is 4. The van der Waals surface area contributed by atoms with Crippen molar-refractivity contribution in [2.75, 3.05) is 19.8 Å². The Kier molecular flexibility index (Phi) is 3.49. The zero-order chi connectivity index (χ0) is 8.97. The fourth-order valence-corrected chi connectivity index (χ4v) is 1.18. The number of ether oxygens (including phenoxy) is 1. The highest BCUT2D eigenvalue weighted by molar-refractivity contribution is 5.72. The third-order valence-electron chi connectivity index (χ3n) is 2.11. The van der Waals surface area contributed by atoms with Crippen molar-refractivity contribution in [2.45, 2.75) is 19.4 Å². The average Bonchev–Trinajstić information content (AvgIpc) is 2.51. The molecule has 0 bridgehead atoms. The van der Waals surface area contributed by atoms with Crippen molar-refractivity contribution < 1.29 is 14.6 Å². The summed E-state index contributed by atoms with van der Waals surface area (Å²) in [6.07, 6.45) is 1.04. The van der Waals surface area contributed by atoms with Crippen LogP contribution in [0.5, 0.6) is 0 Å².